The first-order chi connectivity index (χ1) is 6.94. The standard InChI is InChI=1S/C11H19NO3/c1-4-5-6-15-10(14)7-9(13)11(2,3)8-12/h9,13H,4-7H2,1-3H3/t9-/m0/s1. The number of hydrogen-bond donors (Lipinski definition) is 1. The zero-order chi connectivity index (χ0) is 11.9. The number of rotatable bonds is 6. The third-order valence-electron chi connectivity index (χ3n) is 2.24. The molecule has 0 unspecified atom stereocenters. The Kier molecular flexibility index (Phi) is 5.95. The van der Waals surface area contributed by atoms with Gasteiger partial charge in [-0.1, -0.05) is 13.3 Å². The van der Waals surface area contributed by atoms with Gasteiger partial charge < -0.3 is 9.84 Å². The van der Waals surface area contributed by atoms with Gasteiger partial charge in [-0.05, 0) is 20.3 Å². The average Bonchev–Trinajstić information content (AvgIpc) is 2.18. The predicted octanol–water partition coefficient (Wildman–Crippen LogP) is 1.63. The summed E-state index contributed by atoms with van der Waals surface area (Å²) in [5.41, 5.74) is -0.913. The SMILES string of the molecule is CCCCOC(=O)C[C@H](O)C(C)(C)C#N. The molecule has 0 amide bonds. The predicted molar refractivity (Wildman–Crippen MR) is 55.9 cm³/mol. The van der Waals surface area contributed by atoms with E-state index in [1.54, 1.807) is 13.8 Å². The van der Waals surface area contributed by atoms with Gasteiger partial charge in [-0.15, -0.1) is 0 Å². The summed E-state index contributed by atoms with van der Waals surface area (Å²) in [5, 5.41) is 18.3. The van der Waals surface area contributed by atoms with Crippen LogP contribution in [0.4, 0.5) is 0 Å². The molecule has 0 fully saturated rings. The van der Waals surface area contributed by atoms with Gasteiger partial charge >= 0.3 is 5.97 Å². The molecule has 0 spiro atoms. The lowest BCUT2D eigenvalue weighted by atomic mass is 9.86. The highest BCUT2D eigenvalue weighted by atomic mass is 16.5. The Labute approximate surface area is 90.9 Å². The molecule has 0 heterocycles. The van der Waals surface area contributed by atoms with Crippen molar-refractivity contribution in [1.82, 2.24) is 0 Å². The van der Waals surface area contributed by atoms with Crippen LogP contribution in [0.1, 0.15) is 40.0 Å². The number of carbonyl (C=O) groups excluding carboxylic acids is 1. The number of hydrogen-bond acceptors (Lipinski definition) is 4. The molecule has 0 radical (unpaired) electrons. The van der Waals surface area contributed by atoms with Crippen LogP contribution in [-0.2, 0) is 9.53 Å². The van der Waals surface area contributed by atoms with Crippen LogP contribution >= 0.6 is 0 Å². The minimum Gasteiger partial charge on any atom is -0.466 e. The maximum atomic E-state index is 11.2. The molecule has 15 heavy (non-hydrogen) atoms. The Morgan fingerprint density at radius 3 is 2.67 bits per heavy atom. The number of carbonyl (C=O) groups is 1. The van der Waals surface area contributed by atoms with E-state index in [1.807, 2.05) is 13.0 Å². The van der Waals surface area contributed by atoms with Gasteiger partial charge in [-0.25, -0.2) is 0 Å². The van der Waals surface area contributed by atoms with E-state index in [-0.39, 0.29) is 6.42 Å². The minimum atomic E-state index is -0.975. The monoisotopic (exact) mass is 213 g/mol. The Bertz CT molecular complexity index is 243. The minimum absolute atomic E-state index is 0.121. The van der Waals surface area contributed by atoms with Gasteiger partial charge in [-0.3, -0.25) is 4.79 Å². The first-order valence-electron chi connectivity index (χ1n) is 5.19. The molecule has 0 saturated carbocycles. The molecule has 1 N–H and O–H groups in total. The summed E-state index contributed by atoms with van der Waals surface area (Å²) in [5.74, 6) is -0.445. The van der Waals surface area contributed by atoms with Gasteiger partial charge in [0.05, 0.1) is 30.6 Å². The molecule has 4 nitrogen and oxygen atoms in total. The fourth-order valence-corrected chi connectivity index (χ4v) is 0.877. The van der Waals surface area contributed by atoms with Gasteiger partial charge in [-0.2, -0.15) is 5.26 Å². The number of unbranched alkanes of at least 4 members (excludes halogenated alkanes) is 1. The fraction of sp³-hybridized carbons (Fsp3) is 0.818. The summed E-state index contributed by atoms with van der Waals surface area (Å²) in [6, 6.07) is 1.96. The van der Waals surface area contributed by atoms with Gasteiger partial charge in [0.15, 0.2) is 0 Å². The summed E-state index contributed by atoms with van der Waals surface area (Å²) >= 11 is 0. The lowest BCUT2D eigenvalue weighted by Crippen LogP contribution is -2.30. The summed E-state index contributed by atoms with van der Waals surface area (Å²) in [6.45, 7) is 5.57. The van der Waals surface area contributed by atoms with Crippen LogP contribution in [0.2, 0.25) is 0 Å². The molecule has 0 rings (SSSR count). The Morgan fingerprint density at radius 1 is 1.60 bits per heavy atom. The number of aliphatic hydroxyl groups excluding tert-OH is 1. The molecule has 0 aliphatic heterocycles. The second-order valence-corrected chi connectivity index (χ2v) is 4.13. The van der Waals surface area contributed by atoms with E-state index in [0.29, 0.717) is 6.61 Å². The van der Waals surface area contributed by atoms with Crippen molar-refractivity contribution in [2.24, 2.45) is 5.41 Å². The Hall–Kier alpha value is -1.08. The average molecular weight is 213 g/mol. The number of ether oxygens (including phenoxy) is 1. The maximum absolute atomic E-state index is 11.2. The number of esters is 1. The third-order valence-corrected chi connectivity index (χ3v) is 2.24. The molecule has 0 bridgehead atoms. The van der Waals surface area contributed by atoms with Gasteiger partial charge in [0.1, 0.15) is 0 Å². The summed E-state index contributed by atoms with van der Waals surface area (Å²) in [4.78, 5) is 11.2. The zero-order valence-corrected chi connectivity index (χ0v) is 9.62. The van der Waals surface area contributed by atoms with Gasteiger partial charge in [0.25, 0.3) is 0 Å². The quantitative estimate of drug-likeness (QED) is 0.537. The molecule has 86 valence electrons. The van der Waals surface area contributed by atoms with Crippen LogP contribution in [-0.4, -0.2) is 23.8 Å². The van der Waals surface area contributed by atoms with E-state index in [1.165, 1.54) is 0 Å². The Balaban J connectivity index is 3.92. The highest BCUT2D eigenvalue weighted by Gasteiger charge is 2.29. The van der Waals surface area contributed by atoms with E-state index in [9.17, 15) is 9.90 Å². The Morgan fingerprint density at radius 2 is 2.20 bits per heavy atom. The van der Waals surface area contributed by atoms with Crippen molar-refractivity contribution in [2.75, 3.05) is 6.61 Å². The normalized spacial score (nSPS) is 13.0. The lowest BCUT2D eigenvalue weighted by Gasteiger charge is -2.21. The van der Waals surface area contributed by atoms with Crippen molar-refractivity contribution < 1.29 is 14.6 Å². The number of aliphatic hydroxyl groups is 1. The van der Waals surface area contributed by atoms with Crippen molar-refractivity contribution >= 4 is 5.97 Å². The topological polar surface area (TPSA) is 70.3 Å². The van der Waals surface area contributed by atoms with Crippen molar-refractivity contribution in [3.8, 4) is 6.07 Å². The first kappa shape index (κ1) is 13.9. The molecule has 1 atom stereocenters. The second kappa shape index (κ2) is 6.41. The van der Waals surface area contributed by atoms with Crippen molar-refractivity contribution in [3.05, 3.63) is 0 Å². The van der Waals surface area contributed by atoms with Gasteiger partial charge in [0, 0.05) is 0 Å². The highest BCUT2D eigenvalue weighted by molar-refractivity contribution is 5.70. The number of nitriles is 1. The van der Waals surface area contributed by atoms with Crippen LogP contribution in [0.15, 0.2) is 0 Å². The highest BCUT2D eigenvalue weighted by Crippen LogP contribution is 2.21. The smallest absolute Gasteiger partial charge is 0.308 e. The molecule has 0 saturated heterocycles. The van der Waals surface area contributed by atoms with Crippen LogP contribution in [0.3, 0.4) is 0 Å². The summed E-state index contributed by atoms with van der Waals surface area (Å²) in [7, 11) is 0. The van der Waals surface area contributed by atoms with E-state index < -0.39 is 17.5 Å². The zero-order valence-electron chi connectivity index (χ0n) is 9.62. The molecular weight excluding hydrogens is 194 g/mol. The third kappa shape index (κ3) is 5.38. The van der Waals surface area contributed by atoms with Crippen molar-refractivity contribution in [2.45, 2.75) is 46.1 Å². The molecule has 0 aliphatic carbocycles. The van der Waals surface area contributed by atoms with Crippen LogP contribution in [0, 0.1) is 16.7 Å². The van der Waals surface area contributed by atoms with E-state index >= 15 is 0 Å². The fourth-order valence-electron chi connectivity index (χ4n) is 0.877. The maximum Gasteiger partial charge on any atom is 0.308 e. The van der Waals surface area contributed by atoms with Crippen LogP contribution < -0.4 is 0 Å². The molecule has 0 aromatic carbocycles. The van der Waals surface area contributed by atoms with E-state index in [2.05, 4.69) is 0 Å². The van der Waals surface area contributed by atoms with Gasteiger partial charge in [0.2, 0.25) is 0 Å². The number of nitrogens with zero attached hydrogens (tertiary/aromatic N) is 1. The molecule has 0 aliphatic rings. The molecule has 0 aromatic rings. The molecule has 4 heteroatoms. The largest absolute Gasteiger partial charge is 0.466 e. The lowest BCUT2D eigenvalue weighted by molar-refractivity contribution is -0.147. The summed E-state index contributed by atoms with van der Waals surface area (Å²) < 4.78 is 4.88. The first-order valence-corrected chi connectivity index (χ1v) is 5.19. The van der Waals surface area contributed by atoms with E-state index in [4.69, 9.17) is 10.00 Å². The molecular formula is C11H19NO3. The van der Waals surface area contributed by atoms with Crippen molar-refractivity contribution in [1.29, 1.82) is 5.26 Å². The van der Waals surface area contributed by atoms with Crippen LogP contribution in [0.25, 0.3) is 0 Å². The van der Waals surface area contributed by atoms with Crippen LogP contribution in [0.5, 0.6) is 0 Å². The molecule has 0 aromatic heterocycles. The second-order valence-electron chi connectivity index (χ2n) is 4.13. The van der Waals surface area contributed by atoms with Crippen molar-refractivity contribution in [3.63, 3.8) is 0 Å². The van der Waals surface area contributed by atoms with E-state index in [0.717, 1.165) is 12.8 Å². The summed E-state index contributed by atoms with van der Waals surface area (Å²) in [6.07, 6.45) is 0.685.